The summed E-state index contributed by atoms with van der Waals surface area (Å²) < 4.78 is 66.0. The number of rotatable bonds is 4. The largest absolute Gasteiger partial charge is 0.271 e. The van der Waals surface area contributed by atoms with E-state index in [1.807, 2.05) is 0 Å². The second-order valence-corrected chi connectivity index (χ2v) is 4.47. The molecule has 3 N–H and O–H groups in total. The van der Waals surface area contributed by atoms with Crippen molar-refractivity contribution in [2.75, 3.05) is 0 Å². The van der Waals surface area contributed by atoms with Crippen LogP contribution in [0.2, 0.25) is 0 Å². The van der Waals surface area contributed by atoms with E-state index in [1.54, 1.807) is 0 Å². The summed E-state index contributed by atoms with van der Waals surface area (Å²) in [5.41, 5.74) is 2.18. The van der Waals surface area contributed by atoms with Gasteiger partial charge in [0.15, 0.2) is 17.5 Å². The van der Waals surface area contributed by atoms with Crippen LogP contribution in [0.5, 0.6) is 0 Å². The van der Waals surface area contributed by atoms with Crippen LogP contribution in [0.3, 0.4) is 0 Å². The molecule has 0 spiro atoms. The zero-order valence-corrected chi connectivity index (χ0v) is 10.6. The highest BCUT2D eigenvalue weighted by Crippen LogP contribution is 2.24. The monoisotopic (exact) mass is 302 g/mol. The molecule has 0 aliphatic heterocycles. The molecule has 0 aliphatic rings. The van der Waals surface area contributed by atoms with E-state index in [1.165, 1.54) is 0 Å². The topological polar surface area (TPSA) is 38.0 Å². The van der Waals surface area contributed by atoms with Crippen molar-refractivity contribution in [2.24, 2.45) is 5.84 Å². The Morgan fingerprint density at radius 3 is 2.10 bits per heavy atom. The molecule has 0 amide bonds. The molecule has 112 valence electrons. The summed E-state index contributed by atoms with van der Waals surface area (Å²) in [6.07, 6.45) is -0.104. The third kappa shape index (κ3) is 3.37. The summed E-state index contributed by atoms with van der Waals surface area (Å²) in [5.74, 6) is -0.684. The predicted molar refractivity (Wildman–Crippen MR) is 66.4 cm³/mol. The molecule has 0 bridgehead atoms. The lowest BCUT2D eigenvalue weighted by atomic mass is 9.98. The number of benzene rings is 2. The Morgan fingerprint density at radius 1 is 0.905 bits per heavy atom. The number of hydrazine groups is 1. The highest BCUT2D eigenvalue weighted by Gasteiger charge is 2.20. The van der Waals surface area contributed by atoms with Crippen molar-refractivity contribution in [3.8, 4) is 0 Å². The quantitative estimate of drug-likeness (QED) is 0.394. The molecule has 1 atom stereocenters. The van der Waals surface area contributed by atoms with Crippen LogP contribution >= 0.6 is 0 Å². The maximum Gasteiger partial charge on any atom is 0.194 e. The van der Waals surface area contributed by atoms with Crippen LogP contribution in [0.15, 0.2) is 30.3 Å². The first-order valence-corrected chi connectivity index (χ1v) is 5.97. The minimum absolute atomic E-state index is 0.104. The fourth-order valence-electron chi connectivity index (χ4n) is 2.03. The Hall–Kier alpha value is -1.99. The third-order valence-electron chi connectivity index (χ3n) is 3.00. The normalized spacial score (nSPS) is 12.5. The molecular weight excluding hydrogens is 291 g/mol. The van der Waals surface area contributed by atoms with E-state index in [2.05, 4.69) is 5.43 Å². The minimum Gasteiger partial charge on any atom is -0.271 e. The van der Waals surface area contributed by atoms with Gasteiger partial charge in [-0.1, -0.05) is 6.07 Å². The van der Waals surface area contributed by atoms with Crippen LogP contribution < -0.4 is 11.3 Å². The Bertz CT molecular complexity index is 640. The Morgan fingerprint density at radius 2 is 1.52 bits per heavy atom. The molecule has 21 heavy (non-hydrogen) atoms. The average Bonchev–Trinajstić information content (AvgIpc) is 2.42. The standard InChI is InChI=1S/C14H11F5N2/c15-8-3-7(4-9(16)6-8)5-12(21-20)10-1-2-11(17)14(19)13(10)18/h1-4,6,12,21H,5,20H2. The lowest BCUT2D eigenvalue weighted by molar-refractivity contribution is 0.424. The van der Waals surface area contributed by atoms with Gasteiger partial charge in [0.25, 0.3) is 0 Å². The summed E-state index contributed by atoms with van der Waals surface area (Å²) in [6.45, 7) is 0. The maximum absolute atomic E-state index is 13.7. The lowest BCUT2D eigenvalue weighted by Gasteiger charge is -2.17. The Kier molecular flexibility index (Phi) is 4.54. The van der Waals surface area contributed by atoms with Crippen molar-refractivity contribution in [2.45, 2.75) is 12.5 Å². The fourth-order valence-corrected chi connectivity index (χ4v) is 2.03. The van der Waals surface area contributed by atoms with Crippen LogP contribution in [0.25, 0.3) is 0 Å². The number of nitrogens with one attached hydrogen (secondary N) is 1. The maximum atomic E-state index is 13.7. The number of hydrogen-bond acceptors (Lipinski definition) is 2. The molecule has 7 heteroatoms. The third-order valence-corrected chi connectivity index (χ3v) is 3.00. The van der Waals surface area contributed by atoms with Gasteiger partial charge in [-0.2, -0.15) is 0 Å². The van der Waals surface area contributed by atoms with Crippen LogP contribution in [-0.2, 0) is 6.42 Å². The number of hydrogen-bond donors (Lipinski definition) is 2. The van der Waals surface area contributed by atoms with Crippen LogP contribution in [0.1, 0.15) is 17.2 Å². The predicted octanol–water partition coefficient (Wildman–Crippen LogP) is 3.13. The van der Waals surface area contributed by atoms with Gasteiger partial charge in [-0.05, 0) is 30.2 Å². The van der Waals surface area contributed by atoms with E-state index >= 15 is 0 Å². The van der Waals surface area contributed by atoms with Crippen molar-refractivity contribution in [1.82, 2.24) is 5.43 Å². The molecular formula is C14H11F5N2. The highest BCUT2D eigenvalue weighted by atomic mass is 19.2. The summed E-state index contributed by atoms with van der Waals surface area (Å²) in [5, 5.41) is 0. The van der Waals surface area contributed by atoms with Crippen LogP contribution in [0, 0.1) is 29.1 Å². The number of halogens is 5. The summed E-state index contributed by atoms with van der Waals surface area (Å²) in [4.78, 5) is 0. The van der Waals surface area contributed by atoms with E-state index in [-0.39, 0.29) is 17.5 Å². The fraction of sp³-hybridized carbons (Fsp3) is 0.143. The first-order chi connectivity index (χ1) is 9.92. The van der Waals surface area contributed by atoms with Gasteiger partial charge >= 0.3 is 0 Å². The molecule has 0 aromatic heterocycles. The van der Waals surface area contributed by atoms with E-state index < -0.39 is 35.1 Å². The molecule has 0 saturated carbocycles. The van der Waals surface area contributed by atoms with Crippen molar-refractivity contribution < 1.29 is 22.0 Å². The molecule has 0 radical (unpaired) electrons. The Balaban J connectivity index is 2.34. The molecule has 2 aromatic rings. The molecule has 0 fully saturated rings. The minimum atomic E-state index is -1.63. The van der Waals surface area contributed by atoms with Gasteiger partial charge in [-0.3, -0.25) is 11.3 Å². The van der Waals surface area contributed by atoms with Crippen molar-refractivity contribution in [3.63, 3.8) is 0 Å². The molecule has 2 nitrogen and oxygen atoms in total. The molecule has 0 saturated heterocycles. The molecule has 2 rings (SSSR count). The zero-order chi connectivity index (χ0) is 15.6. The molecule has 2 aromatic carbocycles. The molecule has 0 heterocycles. The Labute approximate surface area is 117 Å². The number of nitrogens with two attached hydrogens (primary N) is 1. The molecule has 1 unspecified atom stereocenters. The summed E-state index contributed by atoms with van der Waals surface area (Å²) >= 11 is 0. The zero-order valence-electron chi connectivity index (χ0n) is 10.6. The van der Waals surface area contributed by atoms with Gasteiger partial charge in [0.2, 0.25) is 0 Å². The van der Waals surface area contributed by atoms with Crippen molar-refractivity contribution in [3.05, 3.63) is 70.5 Å². The van der Waals surface area contributed by atoms with Crippen LogP contribution in [0.4, 0.5) is 22.0 Å². The van der Waals surface area contributed by atoms with Crippen molar-refractivity contribution in [1.29, 1.82) is 0 Å². The second-order valence-electron chi connectivity index (χ2n) is 4.47. The SMILES string of the molecule is NNC(Cc1cc(F)cc(F)c1)c1ccc(F)c(F)c1F. The highest BCUT2D eigenvalue weighted by molar-refractivity contribution is 5.27. The van der Waals surface area contributed by atoms with Gasteiger partial charge in [-0.15, -0.1) is 0 Å². The average molecular weight is 302 g/mol. The van der Waals surface area contributed by atoms with Crippen molar-refractivity contribution >= 4 is 0 Å². The molecule has 0 aliphatic carbocycles. The van der Waals surface area contributed by atoms with Gasteiger partial charge in [-0.25, -0.2) is 22.0 Å². The van der Waals surface area contributed by atoms with Gasteiger partial charge < -0.3 is 0 Å². The van der Waals surface area contributed by atoms with E-state index in [0.717, 1.165) is 24.3 Å². The van der Waals surface area contributed by atoms with Gasteiger partial charge in [0.05, 0.1) is 6.04 Å². The summed E-state index contributed by atoms with van der Waals surface area (Å²) in [7, 11) is 0. The van der Waals surface area contributed by atoms with Gasteiger partial charge in [0.1, 0.15) is 11.6 Å². The second kappa shape index (κ2) is 6.19. The smallest absolute Gasteiger partial charge is 0.194 e. The van der Waals surface area contributed by atoms with E-state index in [9.17, 15) is 22.0 Å². The first-order valence-electron chi connectivity index (χ1n) is 5.97. The first kappa shape index (κ1) is 15.4. The lowest BCUT2D eigenvalue weighted by Crippen LogP contribution is -2.30. The van der Waals surface area contributed by atoms with Gasteiger partial charge in [0, 0.05) is 11.6 Å². The van der Waals surface area contributed by atoms with Crippen LogP contribution in [-0.4, -0.2) is 0 Å². The summed E-state index contributed by atoms with van der Waals surface area (Å²) in [6, 6.07) is 3.59. The van der Waals surface area contributed by atoms with E-state index in [4.69, 9.17) is 5.84 Å². The van der Waals surface area contributed by atoms with E-state index in [0.29, 0.717) is 6.07 Å².